The molecule has 1 N–H and O–H groups in total. The monoisotopic (exact) mass is 250 g/mol. The van der Waals surface area contributed by atoms with Gasteiger partial charge in [-0.1, -0.05) is 0 Å². The molecule has 1 aromatic heterocycles. The summed E-state index contributed by atoms with van der Waals surface area (Å²) in [4.78, 5) is 25.2. The van der Waals surface area contributed by atoms with Gasteiger partial charge in [0, 0.05) is 5.56 Å². The Labute approximate surface area is 106 Å². The number of carbonyl (C=O) groups is 2. The van der Waals surface area contributed by atoms with Crippen LogP contribution in [0, 0.1) is 13.8 Å². The Bertz CT molecular complexity index is 492. The molecule has 2 amide bonds. The molecule has 2 atom stereocenters. The summed E-state index contributed by atoms with van der Waals surface area (Å²) in [6.07, 6.45) is 0. The summed E-state index contributed by atoms with van der Waals surface area (Å²) in [5.41, 5.74) is 0.961. The van der Waals surface area contributed by atoms with Gasteiger partial charge in [0.25, 0.3) is 0 Å². The van der Waals surface area contributed by atoms with Crippen molar-refractivity contribution in [2.45, 2.75) is 39.8 Å². The number of nitrogens with zero attached hydrogens (tertiary/aromatic N) is 1. The van der Waals surface area contributed by atoms with E-state index in [1.54, 1.807) is 11.8 Å². The normalized spacial score (nSPS) is 22.0. The molecular formula is C13H18N2O3. The molecule has 0 bridgehead atoms. The Hall–Kier alpha value is -1.78. The number of furan rings is 1. The fourth-order valence-corrected chi connectivity index (χ4v) is 2.51. The number of rotatable bonds is 2. The van der Waals surface area contributed by atoms with Gasteiger partial charge in [0.05, 0.1) is 12.6 Å². The molecule has 5 heteroatoms. The van der Waals surface area contributed by atoms with Gasteiger partial charge in [-0.05, 0) is 33.8 Å². The zero-order valence-electron chi connectivity index (χ0n) is 11.1. The topological polar surface area (TPSA) is 62.6 Å². The average molecular weight is 250 g/mol. The van der Waals surface area contributed by atoms with E-state index in [4.69, 9.17) is 4.42 Å². The van der Waals surface area contributed by atoms with Gasteiger partial charge in [0.1, 0.15) is 17.6 Å². The fourth-order valence-electron chi connectivity index (χ4n) is 2.51. The minimum Gasteiger partial charge on any atom is -0.466 e. The molecule has 5 nitrogen and oxygen atoms in total. The molecule has 98 valence electrons. The van der Waals surface area contributed by atoms with Crippen LogP contribution in [-0.2, 0) is 9.59 Å². The Morgan fingerprint density at radius 2 is 2.11 bits per heavy atom. The Morgan fingerprint density at radius 1 is 1.44 bits per heavy atom. The van der Waals surface area contributed by atoms with Crippen molar-refractivity contribution in [2.75, 3.05) is 6.54 Å². The van der Waals surface area contributed by atoms with E-state index in [0.717, 1.165) is 17.1 Å². The van der Waals surface area contributed by atoms with E-state index in [0.29, 0.717) is 0 Å². The van der Waals surface area contributed by atoms with Crippen LogP contribution in [0.25, 0.3) is 0 Å². The largest absolute Gasteiger partial charge is 0.466 e. The summed E-state index contributed by atoms with van der Waals surface area (Å²) < 4.78 is 5.49. The van der Waals surface area contributed by atoms with Gasteiger partial charge in [-0.25, -0.2) is 0 Å². The van der Waals surface area contributed by atoms with E-state index < -0.39 is 6.04 Å². The van der Waals surface area contributed by atoms with Crippen LogP contribution in [0.5, 0.6) is 0 Å². The number of hydrogen-bond acceptors (Lipinski definition) is 3. The van der Waals surface area contributed by atoms with Gasteiger partial charge in [0.15, 0.2) is 0 Å². The third-order valence-electron chi connectivity index (χ3n) is 3.45. The molecule has 0 saturated carbocycles. The molecule has 2 rings (SSSR count). The molecule has 0 spiro atoms. The molecular weight excluding hydrogens is 232 g/mol. The number of piperazine rings is 1. The predicted molar refractivity (Wildman–Crippen MR) is 65.9 cm³/mol. The molecule has 1 fully saturated rings. The highest BCUT2D eigenvalue weighted by Crippen LogP contribution is 2.28. The molecule has 0 radical (unpaired) electrons. The van der Waals surface area contributed by atoms with E-state index in [1.165, 1.54) is 0 Å². The molecule has 1 aliphatic rings. The van der Waals surface area contributed by atoms with Crippen LogP contribution < -0.4 is 5.32 Å². The number of hydrogen-bond donors (Lipinski definition) is 1. The first-order chi connectivity index (χ1) is 8.41. The van der Waals surface area contributed by atoms with E-state index >= 15 is 0 Å². The fraction of sp³-hybridized carbons (Fsp3) is 0.538. The second-order valence-electron chi connectivity index (χ2n) is 4.74. The van der Waals surface area contributed by atoms with Crippen molar-refractivity contribution in [1.82, 2.24) is 10.2 Å². The quantitative estimate of drug-likeness (QED) is 0.860. The van der Waals surface area contributed by atoms with Gasteiger partial charge >= 0.3 is 0 Å². The maximum absolute atomic E-state index is 12.0. The highest BCUT2D eigenvalue weighted by Gasteiger charge is 2.35. The van der Waals surface area contributed by atoms with Crippen LogP contribution in [0.1, 0.15) is 37.0 Å². The summed E-state index contributed by atoms with van der Waals surface area (Å²) in [7, 11) is 0. The zero-order chi connectivity index (χ0) is 13.4. The summed E-state index contributed by atoms with van der Waals surface area (Å²) in [5, 5.41) is 2.58. The SMILES string of the molecule is Cc1cc(C(C)N2C(=O)CNC(=O)C2C)c(C)o1. The second-order valence-corrected chi connectivity index (χ2v) is 4.74. The lowest BCUT2D eigenvalue weighted by Gasteiger charge is -2.37. The van der Waals surface area contributed by atoms with Crippen LogP contribution in [0.15, 0.2) is 10.5 Å². The van der Waals surface area contributed by atoms with Gasteiger partial charge < -0.3 is 14.6 Å². The van der Waals surface area contributed by atoms with E-state index in [2.05, 4.69) is 5.32 Å². The minimum absolute atomic E-state index is 0.0622. The first-order valence-corrected chi connectivity index (χ1v) is 6.07. The molecule has 0 aliphatic carbocycles. The highest BCUT2D eigenvalue weighted by molar-refractivity contribution is 5.94. The lowest BCUT2D eigenvalue weighted by molar-refractivity contribution is -0.147. The maximum Gasteiger partial charge on any atom is 0.243 e. The van der Waals surface area contributed by atoms with Crippen molar-refractivity contribution in [3.8, 4) is 0 Å². The van der Waals surface area contributed by atoms with Crippen LogP contribution in [0.3, 0.4) is 0 Å². The second kappa shape index (κ2) is 4.48. The van der Waals surface area contributed by atoms with Crippen LogP contribution >= 0.6 is 0 Å². The molecule has 1 aromatic rings. The highest BCUT2D eigenvalue weighted by atomic mass is 16.3. The van der Waals surface area contributed by atoms with Crippen molar-refractivity contribution in [3.05, 3.63) is 23.2 Å². The number of aryl methyl sites for hydroxylation is 2. The summed E-state index contributed by atoms with van der Waals surface area (Å²) in [5.74, 6) is 1.44. The van der Waals surface area contributed by atoms with E-state index in [1.807, 2.05) is 26.8 Å². The molecule has 2 heterocycles. The van der Waals surface area contributed by atoms with Gasteiger partial charge in [-0.2, -0.15) is 0 Å². The maximum atomic E-state index is 12.0. The smallest absolute Gasteiger partial charge is 0.243 e. The van der Waals surface area contributed by atoms with Crippen molar-refractivity contribution in [3.63, 3.8) is 0 Å². The zero-order valence-corrected chi connectivity index (χ0v) is 11.1. The van der Waals surface area contributed by atoms with Crippen LogP contribution in [0.4, 0.5) is 0 Å². The predicted octanol–water partition coefficient (Wildman–Crippen LogP) is 1.30. The van der Waals surface area contributed by atoms with Gasteiger partial charge in [-0.3, -0.25) is 9.59 Å². The first kappa shape index (κ1) is 12.7. The number of amides is 2. The minimum atomic E-state index is -0.448. The van der Waals surface area contributed by atoms with Gasteiger partial charge in [-0.15, -0.1) is 0 Å². The lowest BCUT2D eigenvalue weighted by atomic mass is 10.0. The Balaban J connectivity index is 2.31. The molecule has 1 aliphatic heterocycles. The van der Waals surface area contributed by atoms with Crippen molar-refractivity contribution in [2.24, 2.45) is 0 Å². The molecule has 0 aromatic carbocycles. The van der Waals surface area contributed by atoms with Gasteiger partial charge in [0.2, 0.25) is 11.8 Å². The summed E-state index contributed by atoms with van der Waals surface area (Å²) in [6.45, 7) is 7.48. The first-order valence-electron chi connectivity index (χ1n) is 6.07. The van der Waals surface area contributed by atoms with Crippen molar-refractivity contribution < 1.29 is 14.0 Å². The standard InChI is InChI=1S/C13H18N2O3/c1-7-5-11(10(4)18-7)8(2)15-9(3)13(17)14-6-12(15)16/h5,8-9H,6H2,1-4H3,(H,14,17). The number of nitrogens with one attached hydrogen (secondary N) is 1. The number of carbonyl (C=O) groups excluding carboxylic acids is 2. The molecule has 1 saturated heterocycles. The van der Waals surface area contributed by atoms with Crippen LogP contribution in [0.2, 0.25) is 0 Å². The lowest BCUT2D eigenvalue weighted by Crippen LogP contribution is -2.57. The Kier molecular flexibility index (Phi) is 3.15. The third-order valence-corrected chi connectivity index (χ3v) is 3.45. The Morgan fingerprint density at radius 3 is 2.67 bits per heavy atom. The summed E-state index contributed by atoms with van der Waals surface area (Å²) in [6, 6.07) is 1.32. The molecule has 18 heavy (non-hydrogen) atoms. The summed E-state index contributed by atoms with van der Waals surface area (Å²) >= 11 is 0. The van der Waals surface area contributed by atoms with E-state index in [9.17, 15) is 9.59 Å². The van der Waals surface area contributed by atoms with Crippen molar-refractivity contribution >= 4 is 11.8 Å². The van der Waals surface area contributed by atoms with Crippen LogP contribution in [-0.4, -0.2) is 29.3 Å². The third kappa shape index (κ3) is 2.00. The molecule has 2 unspecified atom stereocenters. The van der Waals surface area contributed by atoms with E-state index in [-0.39, 0.29) is 24.4 Å². The average Bonchev–Trinajstić information content (AvgIpc) is 2.63. The van der Waals surface area contributed by atoms with Crippen molar-refractivity contribution in [1.29, 1.82) is 0 Å².